The summed E-state index contributed by atoms with van der Waals surface area (Å²) in [5.74, 6) is 0.524. The van der Waals surface area contributed by atoms with Crippen molar-refractivity contribution in [2.24, 2.45) is 16.2 Å². The van der Waals surface area contributed by atoms with Crippen LogP contribution in [0.15, 0.2) is 34.4 Å². The van der Waals surface area contributed by atoms with Crippen molar-refractivity contribution in [2.75, 3.05) is 6.61 Å². The van der Waals surface area contributed by atoms with Gasteiger partial charge in [-0.05, 0) is 67.6 Å². The monoisotopic (exact) mass is 452 g/mol. The molecule has 5 rings (SSSR count). The molecule has 4 atom stereocenters. The fourth-order valence-electron chi connectivity index (χ4n) is 7.74. The van der Waals surface area contributed by atoms with E-state index in [2.05, 4.69) is 26.8 Å². The highest BCUT2D eigenvalue weighted by molar-refractivity contribution is 5.95. The number of allylic oxidation sites excluding steroid dienone is 3. The van der Waals surface area contributed by atoms with Gasteiger partial charge in [-0.3, -0.25) is 14.8 Å². The van der Waals surface area contributed by atoms with E-state index in [1.807, 2.05) is 0 Å². The predicted octanol–water partition coefficient (Wildman–Crippen LogP) is 6.14. The van der Waals surface area contributed by atoms with E-state index >= 15 is 0 Å². The average molecular weight is 453 g/mol. The molecule has 0 amide bonds. The van der Waals surface area contributed by atoms with Crippen LogP contribution in [0.4, 0.5) is 0 Å². The van der Waals surface area contributed by atoms with Crippen molar-refractivity contribution < 1.29 is 14.4 Å². The third-order valence-corrected chi connectivity index (χ3v) is 9.79. The van der Waals surface area contributed by atoms with Gasteiger partial charge < -0.3 is 10.0 Å². The van der Waals surface area contributed by atoms with Gasteiger partial charge in [0, 0.05) is 18.3 Å². The molecule has 33 heavy (non-hydrogen) atoms. The van der Waals surface area contributed by atoms with Gasteiger partial charge in [-0.15, -0.1) is 0 Å². The normalized spacial score (nSPS) is 37.5. The number of hydroxylamine groups is 2. The zero-order valence-corrected chi connectivity index (χ0v) is 20.5. The van der Waals surface area contributed by atoms with Crippen molar-refractivity contribution in [1.82, 2.24) is 5.23 Å². The number of hydrogen-bond acceptors (Lipinski definition) is 5. The molecule has 0 N–H and O–H groups in total. The van der Waals surface area contributed by atoms with Gasteiger partial charge in [-0.1, -0.05) is 57.3 Å². The summed E-state index contributed by atoms with van der Waals surface area (Å²) >= 11 is 0. The van der Waals surface area contributed by atoms with Crippen molar-refractivity contribution in [3.8, 4) is 0 Å². The van der Waals surface area contributed by atoms with Crippen LogP contribution in [0.5, 0.6) is 0 Å². The van der Waals surface area contributed by atoms with Gasteiger partial charge in [0.15, 0.2) is 5.78 Å². The lowest BCUT2D eigenvalue weighted by atomic mass is 9.51. The summed E-state index contributed by atoms with van der Waals surface area (Å²) in [4.78, 5) is 31.5. The molecule has 5 nitrogen and oxygen atoms in total. The summed E-state index contributed by atoms with van der Waals surface area (Å²) in [7, 11) is 0. The highest BCUT2D eigenvalue weighted by Crippen LogP contribution is 2.70. The molecule has 0 aromatic rings. The van der Waals surface area contributed by atoms with Gasteiger partial charge in [0.05, 0.1) is 18.1 Å². The molecule has 5 aliphatic carbocycles. The zero-order valence-electron chi connectivity index (χ0n) is 20.5. The average Bonchev–Trinajstić information content (AvgIpc) is 3.23. The SMILES string of the molecule is CCCCCCON([O-])C1CC2=CC(=O)CCC2(C)C2=C1C1=CCC3(C)CCC(=O)[C@@]13CC2. The molecule has 180 valence electrons. The second-order valence-electron chi connectivity index (χ2n) is 11.5. The smallest absolute Gasteiger partial charge is 0.155 e. The highest BCUT2D eigenvalue weighted by Gasteiger charge is 2.65. The summed E-state index contributed by atoms with van der Waals surface area (Å²) < 4.78 is 0. The third-order valence-electron chi connectivity index (χ3n) is 9.79. The van der Waals surface area contributed by atoms with Crippen LogP contribution in [0.1, 0.15) is 97.8 Å². The van der Waals surface area contributed by atoms with Crippen LogP contribution in [0, 0.1) is 21.5 Å². The maximum atomic E-state index is 13.4. The van der Waals surface area contributed by atoms with Crippen molar-refractivity contribution in [2.45, 2.75) is 104 Å². The molecule has 0 heterocycles. The number of carbonyl (C=O) groups excluding carboxylic acids is 2. The summed E-state index contributed by atoms with van der Waals surface area (Å²) in [5, 5.41) is 14.2. The lowest BCUT2D eigenvalue weighted by Crippen LogP contribution is -2.49. The molecular weight excluding hydrogens is 414 g/mol. The first-order valence-electron chi connectivity index (χ1n) is 13.1. The van der Waals surface area contributed by atoms with Gasteiger partial charge in [0.25, 0.3) is 0 Å². The molecule has 0 bridgehead atoms. The Hall–Kier alpha value is -1.56. The fourth-order valence-corrected chi connectivity index (χ4v) is 7.74. The van der Waals surface area contributed by atoms with Gasteiger partial charge in [0.1, 0.15) is 5.78 Å². The Morgan fingerprint density at radius 1 is 1.09 bits per heavy atom. The number of fused-ring (bicyclic) bond motifs is 3. The number of ketones is 2. The van der Waals surface area contributed by atoms with Crippen LogP contribution in [-0.2, 0) is 14.4 Å². The summed E-state index contributed by atoms with van der Waals surface area (Å²) in [6.07, 6.45) is 14.3. The van der Waals surface area contributed by atoms with Crippen LogP contribution in [-0.4, -0.2) is 29.4 Å². The molecule has 0 saturated heterocycles. The number of Topliss-reactive ketones (excluding diaryl/α,β-unsaturated/α-hetero) is 1. The van der Waals surface area contributed by atoms with E-state index in [0.717, 1.165) is 79.7 Å². The van der Waals surface area contributed by atoms with E-state index in [9.17, 15) is 14.8 Å². The lowest BCUT2D eigenvalue weighted by molar-refractivity contribution is -0.144. The number of hydrogen-bond donors (Lipinski definition) is 0. The van der Waals surface area contributed by atoms with E-state index in [-0.39, 0.29) is 16.6 Å². The minimum absolute atomic E-state index is 0.0310. The van der Waals surface area contributed by atoms with Crippen molar-refractivity contribution in [3.63, 3.8) is 0 Å². The second kappa shape index (κ2) is 8.28. The van der Waals surface area contributed by atoms with Crippen LogP contribution < -0.4 is 0 Å². The minimum Gasteiger partial charge on any atom is -0.762 e. The van der Waals surface area contributed by atoms with Crippen molar-refractivity contribution in [1.29, 1.82) is 0 Å². The summed E-state index contributed by atoms with van der Waals surface area (Å²) in [6.45, 7) is 7.11. The molecule has 0 aromatic carbocycles. The van der Waals surface area contributed by atoms with Crippen molar-refractivity contribution >= 4 is 11.6 Å². The van der Waals surface area contributed by atoms with Gasteiger partial charge in [0.2, 0.25) is 0 Å². The molecule has 0 radical (unpaired) electrons. The Bertz CT molecular complexity index is 961. The zero-order chi connectivity index (χ0) is 23.4. The number of unbranched alkanes of at least 4 members (excludes halogenated alkanes) is 3. The number of rotatable bonds is 7. The second-order valence-corrected chi connectivity index (χ2v) is 11.5. The lowest BCUT2D eigenvalue weighted by Gasteiger charge is -2.55. The molecule has 1 saturated carbocycles. The first-order valence-corrected chi connectivity index (χ1v) is 13.1. The molecule has 1 spiro atoms. The van der Waals surface area contributed by atoms with E-state index in [1.165, 1.54) is 5.57 Å². The van der Waals surface area contributed by atoms with Crippen LogP contribution in [0.25, 0.3) is 0 Å². The topological polar surface area (TPSA) is 69.7 Å². The fraction of sp³-hybridized carbons (Fsp3) is 0.714. The molecule has 1 fully saturated rings. The minimum atomic E-state index is -0.476. The van der Waals surface area contributed by atoms with E-state index in [1.54, 1.807) is 6.08 Å². The molecule has 0 aliphatic heterocycles. The Balaban J connectivity index is 1.54. The Morgan fingerprint density at radius 2 is 1.91 bits per heavy atom. The Morgan fingerprint density at radius 3 is 2.70 bits per heavy atom. The largest absolute Gasteiger partial charge is 0.762 e. The first kappa shape index (κ1) is 23.2. The molecular formula is C28H38NO4-. The van der Waals surface area contributed by atoms with Crippen LogP contribution in [0.2, 0.25) is 0 Å². The third kappa shape index (κ3) is 3.30. The van der Waals surface area contributed by atoms with E-state index in [4.69, 9.17) is 4.84 Å². The van der Waals surface area contributed by atoms with E-state index < -0.39 is 11.5 Å². The van der Waals surface area contributed by atoms with Crippen molar-refractivity contribution in [3.05, 3.63) is 39.7 Å². The van der Waals surface area contributed by atoms with Crippen LogP contribution in [0.3, 0.4) is 0 Å². The predicted molar refractivity (Wildman–Crippen MR) is 128 cm³/mol. The maximum absolute atomic E-state index is 13.4. The highest BCUT2D eigenvalue weighted by atomic mass is 16.9. The Kier molecular flexibility index (Phi) is 5.82. The Labute approximate surface area is 197 Å². The first-order chi connectivity index (χ1) is 15.8. The van der Waals surface area contributed by atoms with Gasteiger partial charge in [-0.25, -0.2) is 0 Å². The quantitative estimate of drug-likeness (QED) is 0.343. The molecule has 5 aliphatic rings. The number of nitrogens with zero attached hydrogens (tertiary/aromatic N) is 1. The van der Waals surface area contributed by atoms with Gasteiger partial charge >= 0.3 is 0 Å². The standard InChI is InChI=1S/C28H38NO4/c1-4-5-6-7-16-33-29(32)23-18-19-17-20(30)8-14-27(19,3)21-10-15-28-22(25(21)23)9-12-26(28,2)13-11-24(28)31/h9,17,23H,4-8,10-16,18H2,1-3H3/q-1/t23?,26?,27?,28-/m1/s1. The number of carbonyl (C=O) groups is 2. The summed E-state index contributed by atoms with van der Waals surface area (Å²) in [5.41, 5.74) is 3.92. The molecule has 3 unspecified atom stereocenters. The molecule has 5 heteroatoms. The summed E-state index contributed by atoms with van der Waals surface area (Å²) in [6, 6.07) is -0.476. The maximum Gasteiger partial charge on any atom is 0.155 e. The molecule has 0 aromatic heterocycles. The van der Waals surface area contributed by atoms with E-state index in [0.29, 0.717) is 31.7 Å². The van der Waals surface area contributed by atoms with Gasteiger partial charge in [-0.2, -0.15) is 0 Å². The van der Waals surface area contributed by atoms with Crippen LogP contribution >= 0.6 is 0 Å².